The van der Waals surface area contributed by atoms with Crippen LogP contribution in [0.1, 0.15) is 29.2 Å². The van der Waals surface area contributed by atoms with Gasteiger partial charge in [-0.3, -0.25) is 0 Å². The zero-order chi connectivity index (χ0) is 9.42. The minimum Gasteiger partial charge on any atom is -0.475 e. The first-order valence-electron chi connectivity index (χ1n) is 4.18. The summed E-state index contributed by atoms with van der Waals surface area (Å²) < 4.78 is 1.70. The van der Waals surface area contributed by atoms with Crippen molar-refractivity contribution in [1.29, 1.82) is 0 Å². The van der Waals surface area contributed by atoms with E-state index in [0.717, 1.165) is 31.5 Å². The first-order chi connectivity index (χ1) is 6.20. The minimum absolute atomic E-state index is 0.0692. The number of halogens is 1. The second kappa shape index (κ2) is 3.03. The lowest BCUT2D eigenvalue weighted by Gasteiger charge is -2.14. The minimum atomic E-state index is -1.00. The summed E-state index contributed by atoms with van der Waals surface area (Å²) in [6.07, 6.45) is 2.89. The maximum absolute atomic E-state index is 10.7. The zero-order valence-corrected chi connectivity index (χ0v) is 7.71. The summed E-state index contributed by atoms with van der Waals surface area (Å²) in [6, 6.07) is 0. The van der Waals surface area contributed by atoms with E-state index in [1.165, 1.54) is 0 Å². The van der Waals surface area contributed by atoms with Crippen molar-refractivity contribution >= 4 is 17.6 Å². The molecule has 1 N–H and O–H groups in total. The van der Waals surface area contributed by atoms with E-state index in [9.17, 15) is 4.79 Å². The highest BCUT2D eigenvalue weighted by atomic mass is 35.5. The fourth-order valence-electron chi connectivity index (χ4n) is 1.66. The fourth-order valence-corrected chi connectivity index (χ4v) is 1.94. The van der Waals surface area contributed by atoms with E-state index in [0.29, 0.717) is 5.15 Å². The molecule has 2 heterocycles. The molecular formula is C8H9ClN2O2. The molecule has 1 aliphatic rings. The van der Waals surface area contributed by atoms with Crippen LogP contribution in [0.25, 0.3) is 0 Å². The van der Waals surface area contributed by atoms with Crippen LogP contribution in [0.2, 0.25) is 5.15 Å². The second-order valence-electron chi connectivity index (χ2n) is 3.09. The molecule has 1 aromatic rings. The van der Waals surface area contributed by atoms with Gasteiger partial charge in [-0.25, -0.2) is 9.78 Å². The second-order valence-corrected chi connectivity index (χ2v) is 3.44. The first kappa shape index (κ1) is 8.56. The van der Waals surface area contributed by atoms with Crippen LogP contribution in [-0.2, 0) is 13.0 Å². The van der Waals surface area contributed by atoms with Gasteiger partial charge in [0.2, 0.25) is 5.82 Å². The molecule has 0 radical (unpaired) electrons. The summed E-state index contributed by atoms with van der Waals surface area (Å²) in [5.41, 5.74) is 0.866. The highest BCUT2D eigenvalue weighted by Gasteiger charge is 2.22. The number of aromatic nitrogens is 2. The molecule has 0 aromatic carbocycles. The molecule has 70 valence electrons. The van der Waals surface area contributed by atoms with Gasteiger partial charge in [-0.1, -0.05) is 11.6 Å². The number of hydrogen-bond acceptors (Lipinski definition) is 2. The molecule has 4 nitrogen and oxygen atoms in total. The Labute approximate surface area is 80.1 Å². The average molecular weight is 201 g/mol. The third-order valence-corrected chi connectivity index (χ3v) is 2.56. The van der Waals surface area contributed by atoms with Crippen molar-refractivity contribution in [2.45, 2.75) is 25.8 Å². The molecule has 1 aromatic heterocycles. The molecular weight excluding hydrogens is 192 g/mol. The molecule has 1 aliphatic heterocycles. The molecule has 0 bridgehead atoms. The van der Waals surface area contributed by atoms with Crippen LogP contribution in [0.5, 0.6) is 0 Å². The van der Waals surface area contributed by atoms with Crippen LogP contribution in [-0.4, -0.2) is 20.6 Å². The van der Waals surface area contributed by atoms with E-state index in [2.05, 4.69) is 4.98 Å². The zero-order valence-electron chi connectivity index (χ0n) is 6.96. The van der Waals surface area contributed by atoms with Crippen LogP contribution in [0.4, 0.5) is 0 Å². The fraction of sp³-hybridized carbons (Fsp3) is 0.500. The molecule has 13 heavy (non-hydrogen) atoms. The summed E-state index contributed by atoms with van der Waals surface area (Å²) in [6.45, 7) is 0.719. The van der Waals surface area contributed by atoms with E-state index in [4.69, 9.17) is 16.7 Å². The lowest BCUT2D eigenvalue weighted by molar-refractivity contribution is 0.0677. The molecule has 0 aliphatic carbocycles. The van der Waals surface area contributed by atoms with Gasteiger partial charge in [0.05, 0.1) is 5.69 Å². The molecule has 0 saturated heterocycles. The smallest absolute Gasteiger partial charge is 0.372 e. The topological polar surface area (TPSA) is 55.1 Å². The highest BCUT2D eigenvalue weighted by molar-refractivity contribution is 6.30. The lowest BCUT2D eigenvalue weighted by atomic mass is 10.1. The van der Waals surface area contributed by atoms with Crippen LogP contribution in [0.3, 0.4) is 0 Å². The summed E-state index contributed by atoms with van der Waals surface area (Å²) in [7, 11) is 0. The average Bonchev–Trinajstić information content (AvgIpc) is 2.45. The van der Waals surface area contributed by atoms with E-state index < -0.39 is 5.97 Å². The Bertz CT molecular complexity index is 359. The predicted octanol–water partition coefficient (Wildman–Crippen LogP) is 1.57. The third kappa shape index (κ3) is 1.31. The third-order valence-electron chi connectivity index (χ3n) is 2.26. The number of hydrogen-bond donors (Lipinski definition) is 1. The van der Waals surface area contributed by atoms with Gasteiger partial charge in [0, 0.05) is 6.54 Å². The Morgan fingerprint density at radius 1 is 1.54 bits per heavy atom. The Hall–Kier alpha value is -1.03. The first-order valence-corrected chi connectivity index (χ1v) is 4.56. The van der Waals surface area contributed by atoms with E-state index in [-0.39, 0.29) is 5.82 Å². The van der Waals surface area contributed by atoms with Gasteiger partial charge in [-0.2, -0.15) is 0 Å². The molecule has 0 spiro atoms. The molecule has 0 amide bonds. The van der Waals surface area contributed by atoms with Gasteiger partial charge in [0.15, 0.2) is 5.15 Å². The van der Waals surface area contributed by atoms with Gasteiger partial charge < -0.3 is 9.67 Å². The number of fused-ring (bicyclic) bond motifs is 1. The van der Waals surface area contributed by atoms with Crippen molar-refractivity contribution in [3.63, 3.8) is 0 Å². The normalized spacial score (nSPS) is 15.5. The van der Waals surface area contributed by atoms with Crippen molar-refractivity contribution in [3.05, 3.63) is 16.7 Å². The Balaban J connectivity index is 2.53. The number of carbonyl (C=O) groups is 1. The Morgan fingerprint density at radius 2 is 2.31 bits per heavy atom. The lowest BCUT2D eigenvalue weighted by Crippen LogP contribution is -2.15. The largest absolute Gasteiger partial charge is 0.475 e. The molecule has 0 saturated carbocycles. The van der Waals surface area contributed by atoms with Crippen LogP contribution in [0.15, 0.2) is 0 Å². The summed E-state index contributed by atoms with van der Waals surface area (Å²) in [5, 5.41) is 9.16. The maximum atomic E-state index is 10.7. The number of rotatable bonds is 1. The van der Waals surface area contributed by atoms with Crippen LogP contribution in [0, 0.1) is 0 Å². The summed E-state index contributed by atoms with van der Waals surface area (Å²) in [5.74, 6) is -0.935. The molecule has 0 fully saturated rings. The highest BCUT2D eigenvalue weighted by Crippen LogP contribution is 2.24. The predicted molar refractivity (Wildman–Crippen MR) is 47.1 cm³/mol. The SMILES string of the molecule is O=C(O)c1nc(Cl)c2n1CCCC2. The maximum Gasteiger partial charge on any atom is 0.372 e. The van der Waals surface area contributed by atoms with E-state index in [1.54, 1.807) is 4.57 Å². The molecule has 5 heteroatoms. The van der Waals surface area contributed by atoms with E-state index >= 15 is 0 Å². The van der Waals surface area contributed by atoms with E-state index in [1.807, 2.05) is 0 Å². The number of carboxylic acid groups (broad SMARTS) is 1. The van der Waals surface area contributed by atoms with Crippen molar-refractivity contribution < 1.29 is 9.90 Å². The van der Waals surface area contributed by atoms with Gasteiger partial charge in [0.1, 0.15) is 0 Å². The van der Waals surface area contributed by atoms with Gasteiger partial charge in [-0.15, -0.1) is 0 Å². The summed E-state index contributed by atoms with van der Waals surface area (Å²) >= 11 is 5.81. The van der Waals surface area contributed by atoms with Gasteiger partial charge in [0.25, 0.3) is 0 Å². The quantitative estimate of drug-likeness (QED) is 0.749. The van der Waals surface area contributed by atoms with Gasteiger partial charge in [-0.05, 0) is 19.3 Å². The number of carboxylic acids is 1. The summed E-state index contributed by atoms with van der Waals surface area (Å²) in [4.78, 5) is 14.6. The Kier molecular flexibility index (Phi) is 2.00. The number of nitrogens with zero attached hydrogens (tertiary/aromatic N) is 2. The van der Waals surface area contributed by atoms with Gasteiger partial charge >= 0.3 is 5.97 Å². The molecule has 0 unspecified atom stereocenters. The number of imidazole rings is 1. The van der Waals surface area contributed by atoms with Crippen molar-refractivity contribution in [3.8, 4) is 0 Å². The number of aromatic carboxylic acids is 1. The molecule has 2 rings (SSSR count). The standard InChI is InChI=1S/C8H9ClN2O2/c9-6-5-3-1-2-4-11(5)7(10-6)8(12)13/h1-4H2,(H,12,13). The Morgan fingerprint density at radius 3 is 3.00 bits per heavy atom. The molecule has 0 atom stereocenters. The van der Waals surface area contributed by atoms with Crippen LogP contribution < -0.4 is 0 Å². The monoisotopic (exact) mass is 200 g/mol. The van der Waals surface area contributed by atoms with Crippen molar-refractivity contribution in [2.24, 2.45) is 0 Å². The van der Waals surface area contributed by atoms with Crippen molar-refractivity contribution in [1.82, 2.24) is 9.55 Å². The van der Waals surface area contributed by atoms with Crippen LogP contribution >= 0.6 is 11.6 Å². The van der Waals surface area contributed by atoms with Crippen molar-refractivity contribution in [2.75, 3.05) is 0 Å².